The number of nitrogens with zero attached hydrogens (tertiary/aromatic N) is 6. The van der Waals surface area contributed by atoms with Crippen LogP contribution in [0.3, 0.4) is 0 Å². The van der Waals surface area contributed by atoms with Gasteiger partial charge in [0.2, 0.25) is 0 Å². The van der Waals surface area contributed by atoms with E-state index in [0.29, 0.717) is 0 Å². The van der Waals surface area contributed by atoms with E-state index in [0.717, 1.165) is 66.7 Å². The molecule has 0 saturated carbocycles. The van der Waals surface area contributed by atoms with Gasteiger partial charge in [0.05, 0.1) is 56.9 Å². The first kappa shape index (κ1) is 30.7. The fourth-order valence-electron chi connectivity index (χ4n) is 8.68. The van der Waals surface area contributed by atoms with Crippen molar-refractivity contribution in [1.82, 2.24) is 29.1 Å². The van der Waals surface area contributed by atoms with Crippen molar-refractivity contribution < 1.29 is 0 Å². The molecule has 0 fully saturated rings. The van der Waals surface area contributed by atoms with Gasteiger partial charge in [-0.3, -0.25) is 0 Å². The predicted molar refractivity (Wildman–Crippen MR) is 230 cm³/mol. The summed E-state index contributed by atoms with van der Waals surface area (Å²) in [5.41, 5.74) is 13.5. The second-order valence-corrected chi connectivity index (χ2v) is 14.3. The maximum Gasteiger partial charge on any atom is 0.117 e. The highest BCUT2D eigenvalue weighted by Gasteiger charge is 2.18. The summed E-state index contributed by atoms with van der Waals surface area (Å²) in [7, 11) is 0. The molecule has 260 valence electrons. The largest absolute Gasteiger partial charge is 0.309 e. The highest BCUT2D eigenvalue weighted by molar-refractivity contribution is 6.21. The molecule has 6 heteroatoms. The Morgan fingerprint density at radius 1 is 0.304 bits per heavy atom. The number of fused-ring (bicyclic) bond motifs is 12. The van der Waals surface area contributed by atoms with Crippen LogP contribution in [-0.2, 0) is 0 Å². The molecular formula is C50H30N6. The molecule has 0 spiro atoms. The second kappa shape index (κ2) is 11.9. The third-order valence-electron chi connectivity index (χ3n) is 11.2. The number of hydrogen-bond acceptors (Lipinski definition) is 4. The first-order valence-electron chi connectivity index (χ1n) is 18.8. The topological polar surface area (TPSA) is 61.4 Å². The monoisotopic (exact) mass is 714 g/mol. The number of benzene rings is 8. The Bertz CT molecular complexity index is 3200. The molecule has 0 atom stereocenters. The van der Waals surface area contributed by atoms with E-state index >= 15 is 0 Å². The van der Waals surface area contributed by atoms with Crippen molar-refractivity contribution in [2.45, 2.75) is 0 Å². The lowest BCUT2D eigenvalue weighted by molar-refractivity contribution is 1.18. The zero-order valence-corrected chi connectivity index (χ0v) is 30.0. The Morgan fingerprint density at radius 3 is 1.02 bits per heavy atom. The summed E-state index contributed by atoms with van der Waals surface area (Å²) in [5, 5.41) is 6.92. The van der Waals surface area contributed by atoms with E-state index in [2.05, 4.69) is 179 Å². The van der Waals surface area contributed by atoms with Crippen molar-refractivity contribution >= 4 is 76.5 Å². The molecule has 0 radical (unpaired) electrons. The van der Waals surface area contributed by atoms with Crippen LogP contribution >= 0.6 is 0 Å². The van der Waals surface area contributed by atoms with Gasteiger partial charge in [0.25, 0.3) is 0 Å². The Hall–Kier alpha value is -7.70. The fourth-order valence-corrected chi connectivity index (χ4v) is 8.68. The maximum atomic E-state index is 5.30. The smallest absolute Gasteiger partial charge is 0.117 e. The number of aromatic nitrogens is 6. The van der Waals surface area contributed by atoms with Gasteiger partial charge in [0.15, 0.2) is 0 Å². The SMILES string of the molecule is c1cc(-c2cnc3c(n2)c2ccccc2c2nc(-c4cccc(-n5c6ccccc6c6ccccc65)c4)cnc23)cc(-n2c3ccccc3c3ccccc32)c1. The average molecular weight is 715 g/mol. The Kier molecular flexibility index (Phi) is 6.53. The van der Waals surface area contributed by atoms with Crippen molar-refractivity contribution in [2.75, 3.05) is 0 Å². The molecule has 0 bridgehead atoms. The standard InChI is InChI=1S/C50H30N6/c1-2-22-40-39(21-1)47-49(51-29-41(53-47)31-13-11-15-33(27-31)55-43-23-7-3-17-35(43)36-18-4-8-24-44(36)55)50-48(40)54-42(30-52-50)32-14-12-16-34(28-32)56-45-25-9-5-19-37(45)38-20-6-10-26-46(38)56/h1-30H. The predicted octanol–water partition coefficient (Wildman–Crippen LogP) is 12.3. The van der Waals surface area contributed by atoms with Crippen LogP contribution in [0.15, 0.2) is 182 Å². The van der Waals surface area contributed by atoms with Crippen LogP contribution in [0.5, 0.6) is 0 Å². The summed E-state index contributed by atoms with van der Waals surface area (Å²) in [6.45, 7) is 0. The first-order chi connectivity index (χ1) is 27.8. The van der Waals surface area contributed by atoms with Gasteiger partial charge in [0, 0.05) is 54.8 Å². The third kappa shape index (κ3) is 4.50. The maximum absolute atomic E-state index is 5.30. The van der Waals surface area contributed by atoms with Crippen LogP contribution in [0.25, 0.3) is 110 Å². The van der Waals surface area contributed by atoms with Gasteiger partial charge in [-0.25, -0.2) is 19.9 Å². The summed E-state index contributed by atoms with van der Waals surface area (Å²) in [6, 6.07) is 59.8. The van der Waals surface area contributed by atoms with E-state index < -0.39 is 0 Å². The molecule has 12 aromatic rings. The molecule has 0 amide bonds. The molecule has 0 aliphatic carbocycles. The second-order valence-electron chi connectivity index (χ2n) is 14.3. The van der Waals surface area contributed by atoms with E-state index in [9.17, 15) is 0 Å². The Morgan fingerprint density at radius 2 is 0.643 bits per heavy atom. The van der Waals surface area contributed by atoms with Crippen LogP contribution in [-0.4, -0.2) is 29.1 Å². The molecule has 56 heavy (non-hydrogen) atoms. The summed E-state index contributed by atoms with van der Waals surface area (Å²) in [4.78, 5) is 20.7. The first-order valence-corrected chi connectivity index (χ1v) is 18.8. The molecule has 0 unspecified atom stereocenters. The molecule has 4 aromatic heterocycles. The fraction of sp³-hybridized carbons (Fsp3) is 0. The van der Waals surface area contributed by atoms with Crippen LogP contribution < -0.4 is 0 Å². The quantitative estimate of drug-likeness (QED) is 0.170. The van der Waals surface area contributed by atoms with Crippen molar-refractivity contribution in [2.24, 2.45) is 0 Å². The van der Waals surface area contributed by atoms with E-state index in [4.69, 9.17) is 19.9 Å². The third-order valence-corrected chi connectivity index (χ3v) is 11.2. The van der Waals surface area contributed by atoms with Gasteiger partial charge in [-0.2, -0.15) is 0 Å². The lowest BCUT2D eigenvalue weighted by atomic mass is 10.0. The summed E-state index contributed by atoms with van der Waals surface area (Å²) in [6.07, 6.45) is 3.73. The van der Waals surface area contributed by atoms with Crippen LogP contribution in [0.2, 0.25) is 0 Å². The Balaban J connectivity index is 0.994. The minimum atomic E-state index is 0.735. The van der Waals surface area contributed by atoms with E-state index in [1.807, 2.05) is 12.4 Å². The van der Waals surface area contributed by atoms with Crippen molar-refractivity contribution in [3.63, 3.8) is 0 Å². The van der Waals surface area contributed by atoms with Crippen molar-refractivity contribution in [1.29, 1.82) is 0 Å². The molecule has 0 aliphatic heterocycles. The minimum absolute atomic E-state index is 0.735. The summed E-state index contributed by atoms with van der Waals surface area (Å²) in [5.74, 6) is 0. The average Bonchev–Trinajstić information content (AvgIpc) is 3.79. The van der Waals surface area contributed by atoms with Gasteiger partial charge in [-0.15, -0.1) is 0 Å². The summed E-state index contributed by atoms with van der Waals surface area (Å²) >= 11 is 0. The van der Waals surface area contributed by atoms with Crippen LogP contribution in [0, 0.1) is 0 Å². The van der Waals surface area contributed by atoms with Gasteiger partial charge < -0.3 is 9.13 Å². The van der Waals surface area contributed by atoms with E-state index in [1.165, 1.54) is 43.6 Å². The lowest BCUT2D eigenvalue weighted by Gasteiger charge is -2.13. The number of para-hydroxylation sites is 4. The minimum Gasteiger partial charge on any atom is -0.309 e. The molecule has 4 heterocycles. The van der Waals surface area contributed by atoms with Crippen molar-refractivity contribution in [3.8, 4) is 33.9 Å². The lowest BCUT2D eigenvalue weighted by Crippen LogP contribution is -1.98. The number of hydrogen-bond donors (Lipinski definition) is 0. The molecule has 0 N–H and O–H groups in total. The van der Waals surface area contributed by atoms with Gasteiger partial charge in [-0.05, 0) is 48.5 Å². The highest BCUT2D eigenvalue weighted by Crippen LogP contribution is 2.37. The summed E-state index contributed by atoms with van der Waals surface area (Å²) < 4.78 is 4.66. The van der Waals surface area contributed by atoms with Crippen molar-refractivity contribution in [3.05, 3.63) is 182 Å². The van der Waals surface area contributed by atoms with Gasteiger partial charge in [0.1, 0.15) is 11.0 Å². The van der Waals surface area contributed by atoms with E-state index in [1.54, 1.807) is 0 Å². The van der Waals surface area contributed by atoms with Gasteiger partial charge >= 0.3 is 0 Å². The van der Waals surface area contributed by atoms with E-state index in [-0.39, 0.29) is 0 Å². The zero-order valence-electron chi connectivity index (χ0n) is 30.0. The Labute approximate surface area is 320 Å². The molecule has 6 nitrogen and oxygen atoms in total. The zero-order chi connectivity index (χ0) is 36.7. The van der Waals surface area contributed by atoms with Crippen LogP contribution in [0.1, 0.15) is 0 Å². The normalized spacial score (nSPS) is 11.9. The molecule has 12 rings (SSSR count). The molecule has 0 aliphatic rings. The number of rotatable bonds is 4. The van der Waals surface area contributed by atoms with Crippen LogP contribution in [0.4, 0.5) is 0 Å². The molecular weight excluding hydrogens is 685 g/mol. The molecule has 0 saturated heterocycles. The van der Waals surface area contributed by atoms with Gasteiger partial charge in [-0.1, -0.05) is 121 Å². The highest BCUT2D eigenvalue weighted by atomic mass is 15.0. The molecule has 8 aromatic carbocycles.